The topological polar surface area (TPSA) is 102 Å². The van der Waals surface area contributed by atoms with E-state index in [0.29, 0.717) is 16.9 Å². The monoisotopic (exact) mass is 317 g/mol. The highest BCUT2D eigenvalue weighted by molar-refractivity contribution is 6.11. The van der Waals surface area contributed by atoms with E-state index in [1.807, 2.05) is 0 Å². The fourth-order valence-corrected chi connectivity index (χ4v) is 1.98. The molecule has 22 heavy (non-hydrogen) atoms. The summed E-state index contributed by atoms with van der Waals surface area (Å²) in [5.74, 6) is -1.01. The molecule has 8 heteroatoms. The number of rotatable bonds is 3. The third-order valence-electron chi connectivity index (χ3n) is 2.96. The van der Waals surface area contributed by atoms with E-state index >= 15 is 0 Å². The standard InChI is InChI=1S/C14H11N5O2.ClH/c15-12(20)9-4-1-2-5-11(9)18-14(21)10-8-17-19-7-3-6-16-13(10)19;/h1-8H,(H2,15,20)(H,18,21);1H. The number of benzene rings is 1. The van der Waals surface area contributed by atoms with Gasteiger partial charge in [0.05, 0.1) is 17.4 Å². The molecule has 0 radical (unpaired) electrons. The largest absolute Gasteiger partial charge is 0.366 e. The summed E-state index contributed by atoms with van der Waals surface area (Å²) in [6, 6.07) is 8.25. The Morgan fingerprint density at radius 3 is 2.68 bits per heavy atom. The maximum Gasteiger partial charge on any atom is 0.261 e. The van der Waals surface area contributed by atoms with Crippen LogP contribution in [0.25, 0.3) is 5.65 Å². The summed E-state index contributed by atoms with van der Waals surface area (Å²) in [5, 5.41) is 6.69. The summed E-state index contributed by atoms with van der Waals surface area (Å²) < 4.78 is 1.49. The quantitative estimate of drug-likeness (QED) is 0.764. The third kappa shape index (κ3) is 2.75. The Morgan fingerprint density at radius 1 is 1.14 bits per heavy atom. The minimum Gasteiger partial charge on any atom is -0.366 e. The number of primary amides is 1. The number of para-hydroxylation sites is 1. The summed E-state index contributed by atoms with van der Waals surface area (Å²) in [5.41, 5.74) is 6.63. The lowest BCUT2D eigenvalue weighted by molar-refractivity contribution is 0.100. The summed E-state index contributed by atoms with van der Waals surface area (Å²) in [6.07, 6.45) is 4.69. The molecular formula is C14H12ClN5O2. The Labute approximate surface area is 131 Å². The Hall–Kier alpha value is -2.93. The van der Waals surface area contributed by atoms with Gasteiger partial charge in [0.1, 0.15) is 5.56 Å². The SMILES string of the molecule is Cl.NC(=O)c1ccccc1NC(=O)c1cnn2cccnc12. The molecule has 0 saturated heterocycles. The molecule has 1 aromatic carbocycles. The van der Waals surface area contributed by atoms with Gasteiger partial charge >= 0.3 is 0 Å². The van der Waals surface area contributed by atoms with Gasteiger partial charge in [0.2, 0.25) is 0 Å². The van der Waals surface area contributed by atoms with Crippen molar-refractivity contribution in [3.05, 3.63) is 60.0 Å². The smallest absolute Gasteiger partial charge is 0.261 e. The van der Waals surface area contributed by atoms with Crippen LogP contribution in [0.15, 0.2) is 48.9 Å². The molecule has 0 atom stereocenters. The molecule has 0 spiro atoms. The minimum atomic E-state index is -0.608. The lowest BCUT2D eigenvalue weighted by Crippen LogP contribution is -2.18. The number of carbonyl (C=O) groups is 2. The summed E-state index contributed by atoms with van der Waals surface area (Å²) >= 11 is 0. The predicted molar refractivity (Wildman–Crippen MR) is 83.1 cm³/mol. The van der Waals surface area contributed by atoms with Crippen LogP contribution in [0.4, 0.5) is 5.69 Å². The number of carbonyl (C=O) groups excluding carboxylic acids is 2. The van der Waals surface area contributed by atoms with Crippen molar-refractivity contribution in [1.82, 2.24) is 14.6 Å². The maximum absolute atomic E-state index is 12.3. The molecule has 0 bridgehead atoms. The number of anilines is 1. The molecule has 3 N–H and O–H groups in total. The average molecular weight is 318 g/mol. The zero-order valence-electron chi connectivity index (χ0n) is 11.3. The number of aromatic nitrogens is 3. The van der Waals surface area contributed by atoms with Crippen molar-refractivity contribution < 1.29 is 9.59 Å². The summed E-state index contributed by atoms with van der Waals surface area (Å²) in [7, 11) is 0. The minimum absolute atomic E-state index is 0. The highest BCUT2D eigenvalue weighted by Gasteiger charge is 2.16. The normalized spacial score (nSPS) is 10.0. The fourth-order valence-electron chi connectivity index (χ4n) is 1.98. The third-order valence-corrected chi connectivity index (χ3v) is 2.96. The number of nitrogens with zero attached hydrogens (tertiary/aromatic N) is 3. The van der Waals surface area contributed by atoms with Crippen LogP contribution in [-0.4, -0.2) is 26.4 Å². The van der Waals surface area contributed by atoms with E-state index in [4.69, 9.17) is 5.73 Å². The van der Waals surface area contributed by atoms with Gasteiger partial charge in [-0.3, -0.25) is 9.59 Å². The molecule has 3 aromatic rings. The van der Waals surface area contributed by atoms with Gasteiger partial charge in [0.15, 0.2) is 5.65 Å². The number of hydrogen-bond acceptors (Lipinski definition) is 4. The molecule has 0 aliphatic carbocycles. The van der Waals surface area contributed by atoms with Crippen LogP contribution in [0.3, 0.4) is 0 Å². The first kappa shape index (κ1) is 15.5. The van der Waals surface area contributed by atoms with Crippen LogP contribution in [0.5, 0.6) is 0 Å². The van der Waals surface area contributed by atoms with Crippen molar-refractivity contribution in [1.29, 1.82) is 0 Å². The van der Waals surface area contributed by atoms with Crippen molar-refractivity contribution in [2.75, 3.05) is 5.32 Å². The van der Waals surface area contributed by atoms with Gasteiger partial charge in [-0.1, -0.05) is 12.1 Å². The van der Waals surface area contributed by atoms with Crippen LogP contribution in [0.1, 0.15) is 20.7 Å². The van der Waals surface area contributed by atoms with Gasteiger partial charge in [-0.2, -0.15) is 5.10 Å². The van der Waals surface area contributed by atoms with Gasteiger partial charge < -0.3 is 11.1 Å². The second kappa shape index (κ2) is 6.23. The van der Waals surface area contributed by atoms with Crippen LogP contribution >= 0.6 is 12.4 Å². The summed E-state index contributed by atoms with van der Waals surface area (Å²) in [6.45, 7) is 0. The first-order valence-electron chi connectivity index (χ1n) is 6.15. The number of nitrogens with two attached hydrogens (primary N) is 1. The van der Waals surface area contributed by atoms with Gasteiger partial charge in [-0.15, -0.1) is 12.4 Å². The lowest BCUT2D eigenvalue weighted by Gasteiger charge is -2.07. The van der Waals surface area contributed by atoms with E-state index in [0.717, 1.165) is 0 Å². The van der Waals surface area contributed by atoms with E-state index < -0.39 is 11.8 Å². The lowest BCUT2D eigenvalue weighted by atomic mass is 10.1. The molecule has 2 amide bonds. The maximum atomic E-state index is 12.3. The number of hydrogen-bond donors (Lipinski definition) is 2. The number of nitrogens with one attached hydrogen (secondary N) is 1. The Balaban J connectivity index is 0.00000176. The molecule has 3 rings (SSSR count). The van der Waals surface area contributed by atoms with Crippen LogP contribution in [0.2, 0.25) is 0 Å². The van der Waals surface area contributed by atoms with Crippen molar-refractivity contribution in [2.45, 2.75) is 0 Å². The van der Waals surface area contributed by atoms with E-state index in [9.17, 15) is 9.59 Å². The molecule has 0 unspecified atom stereocenters. The van der Waals surface area contributed by atoms with E-state index in [1.165, 1.54) is 10.7 Å². The zero-order valence-corrected chi connectivity index (χ0v) is 12.1. The fraction of sp³-hybridized carbons (Fsp3) is 0. The number of halogens is 1. The Kier molecular flexibility index (Phi) is 4.38. The summed E-state index contributed by atoms with van der Waals surface area (Å²) in [4.78, 5) is 27.8. The van der Waals surface area contributed by atoms with E-state index in [2.05, 4.69) is 15.4 Å². The first-order valence-corrected chi connectivity index (χ1v) is 6.15. The highest BCUT2D eigenvalue weighted by atomic mass is 35.5. The van der Waals surface area contributed by atoms with Gasteiger partial charge in [-0.05, 0) is 18.2 Å². The number of fused-ring (bicyclic) bond motifs is 1. The first-order chi connectivity index (χ1) is 10.2. The van der Waals surface area contributed by atoms with Crippen LogP contribution < -0.4 is 11.1 Å². The van der Waals surface area contributed by atoms with Crippen molar-refractivity contribution in [3.8, 4) is 0 Å². The van der Waals surface area contributed by atoms with Crippen molar-refractivity contribution >= 4 is 35.6 Å². The van der Waals surface area contributed by atoms with E-state index in [1.54, 1.807) is 42.7 Å². The van der Waals surface area contributed by atoms with Crippen molar-refractivity contribution in [3.63, 3.8) is 0 Å². The Bertz CT molecular complexity index is 846. The second-order valence-electron chi connectivity index (χ2n) is 4.31. The van der Waals surface area contributed by atoms with Gasteiger partial charge in [0, 0.05) is 12.4 Å². The molecule has 0 saturated carbocycles. The molecule has 0 aliphatic heterocycles. The molecule has 7 nitrogen and oxygen atoms in total. The average Bonchev–Trinajstić information content (AvgIpc) is 2.91. The Morgan fingerprint density at radius 2 is 1.91 bits per heavy atom. The van der Waals surface area contributed by atoms with Crippen LogP contribution in [0, 0.1) is 0 Å². The molecule has 0 fully saturated rings. The van der Waals surface area contributed by atoms with Crippen molar-refractivity contribution in [2.24, 2.45) is 5.73 Å². The molecular weight excluding hydrogens is 306 g/mol. The molecule has 0 aliphatic rings. The van der Waals surface area contributed by atoms with E-state index in [-0.39, 0.29) is 18.0 Å². The zero-order chi connectivity index (χ0) is 14.8. The van der Waals surface area contributed by atoms with Crippen LogP contribution in [-0.2, 0) is 0 Å². The molecule has 112 valence electrons. The predicted octanol–water partition coefficient (Wildman–Crippen LogP) is 1.50. The number of amides is 2. The second-order valence-corrected chi connectivity index (χ2v) is 4.31. The highest BCUT2D eigenvalue weighted by Crippen LogP contribution is 2.16. The molecule has 2 heterocycles. The molecule has 2 aromatic heterocycles. The van der Waals surface area contributed by atoms with Gasteiger partial charge in [-0.25, -0.2) is 9.50 Å². The van der Waals surface area contributed by atoms with Gasteiger partial charge in [0.25, 0.3) is 11.8 Å².